The molecule has 0 radical (unpaired) electrons. The van der Waals surface area contributed by atoms with Crippen molar-refractivity contribution in [1.82, 2.24) is 0 Å². The maximum absolute atomic E-state index is 10.8. The molecule has 5 nitrogen and oxygen atoms in total. The van der Waals surface area contributed by atoms with Crippen molar-refractivity contribution in [3.8, 4) is 17.6 Å². The Labute approximate surface area is 111 Å². The van der Waals surface area contributed by atoms with Gasteiger partial charge < -0.3 is 14.6 Å². The number of hydrogen-bond donors (Lipinski definition) is 1. The highest BCUT2D eigenvalue weighted by Crippen LogP contribution is 2.27. The van der Waals surface area contributed by atoms with Gasteiger partial charge in [0.2, 0.25) is 0 Å². The van der Waals surface area contributed by atoms with Crippen LogP contribution in [0.4, 0.5) is 0 Å². The number of carboxylic acids is 1. The van der Waals surface area contributed by atoms with E-state index in [0.29, 0.717) is 17.1 Å². The second-order valence-electron chi connectivity index (χ2n) is 4.05. The molecule has 0 fully saturated rings. The van der Waals surface area contributed by atoms with Crippen molar-refractivity contribution in [3.63, 3.8) is 0 Å². The topological polar surface area (TPSA) is 79.5 Å². The molecule has 0 spiro atoms. The van der Waals surface area contributed by atoms with Crippen LogP contribution in [0, 0.1) is 11.3 Å². The van der Waals surface area contributed by atoms with E-state index in [1.54, 1.807) is 24.3 Å². The molecule has 0 unspecified atom stereocenters. The second kappa shape index (κ2) is 6.45. The molecule has 100 valence electrons. The van der Waals surface area contributed by atoms with Crippen molar-refractivity contribution >= 4 is 12.0 Å². The van der Waals surface area contributed by atoms with Crippen LogP contribution >= 0.6 is 0 Å². The maximum Gasteiger partial charge on any atom is 0.346 e. The van der Waals surface area contributed by atoms with Crippen molar-refractivity contribution in [2.45, 2.75) is 20.0 Å². The summed E-state index contributed by atoms with van der Waals surface area (Å²) in [6.45, 7) is 3.71. The minimum atomic E-state index is -1.27. The molecule has 0 saturated heterocycles. The smallest absolute Gasteiger partial charge is 0.346 e. The first-order chi connectivity index (χ1) is 8.97. The van der Waals surface area contributed by atoms with Gasteiger partial charge in [0, 0.05) is 11.6 Å². The zero-order valence-electron chi connectivity index (χ0n) is 11.0. The van der Waals surface area contributed by atoms with Gasteiger partial charge in [-0.3, -0.25) is 0 Å². The number of rotatable bonds is 5. The first-order valence-electron chi connectivity index (χ1n) is 5.67. The Morgan fingerprint density at radius 1 is 1.47 bits per heavy atom. The Balaban J connectivity index is 3.26. The number of methoxy groups -OCH3 is 1. The summed E-state index contributed by atoms with van der Waals surface area (Å²) >= 11 is 0. The SMILES string of the molecule is COc1ccc(/C=C(/C#N)C(=O)O)c(OC(C)C)c1. The Kier molecular flexibility index (Phi) is 4.95. The molecular weight excluding hydrogens is 246 g/mol. The Bertz CT molecular complexity index is 541. The van der Waals surface area contributed by atoms with E-state index in [-0.39, 0.29) is 11.7 Å². The van der Waals surface area contributed by atoms with Gasteiger partial charge in [-0.25, -0.2) is 4.79 Å². The molecule has 0 atom stereocenters. The van der Waals surface area contributed by atoms with E-state index in [4.69, 9.17) is 19.8 Å². The van der Waals surface area contributed by atoms with Gasteiger partial charge in [-0.1, -0.05) is 0 Å². The lowest BCUT2D eigenvalue weighted by atomic mass is 10.1. The number of carboxylic acid groups (broad SMARTS) is 1. The number of aliphatic carboxylic acids is 1. The number of benzene rings is 1. The molecule has 0 heterocycles. The summed E-state index contributed by atoms with van der Waals surface area (Å²) < 4.78 is 10.7. The van der Waals surface area contributed by atoms with Crippen LogP contribution in [0.2, 0.25) is 0 Å². The van der Waals surface area contributed by atoms with E-state index < -0.39 is 5.97 Å². The standard InChI is InChI=1S/C14H15NO4/c1-9(2)19-13-7-12(18-3)5-4-10(13)6-11(8-15)14(16)17/h4-7,9H,1-3H3,(H,16,17)/b11-6-. The van der Waals surface area contributed by atoms with Gasteiger partial charge >= 0.3 is 5.97 Å². The Morgan fingerprint density at radius 3 is 2.63 bits per heavy atom. The van der Waals surface area contributed by atoms with Crippen LogP contribution in [0.5, 0.6) is 11.5 Å². The van der Waals surface area contributed by atoms with Crippen LogP contribution in [0.25, 0.3) is 6.08 Å². The van der Waals surface area contributed by atoms with Crippen molar-refractivity contribution in [2.75, 3.05) is 7.11 Å². The van der Waals surface area contributed by atoms with E-state index in [2.05, 4.69) is 0 Å². The highest BCUT2D eigenvalue weighted by molar-refractivity contribution is 5.96. The number of nitriles is 1. The third kappa shape index (κ3) is 4.03. The summed E-state index contributed by atoms with van der Waals surface area (Å²) in [7, 11) is 1.53. The van der Waals surface area contributed by atoms with E-state index in [0.717, 1.165) is 0 Å². The normalized spacial score (nSPS) is 11.0. The molecule has 1 rings (SSSR count). The van der Waals surface area contributed by atoms with Crippen molar-refractivity contribution in [2.24, 2.45) is 0 Å². The average molecular weight is 261 g/mol. The molecular formula is C14H15NO4. The fraction of sp³-hybridized carbons (Fsp3) is 0.286. The second-order valence-corrected chi connectivity index (χ2v) is 4.05. The Morgan fingerprint density at radius 2 is 2.16 bits per heavy atom. The van der Waals surface area contributed by atoms with E-state index >= 15 is 0 Å². The van der Waals surface area contributed by atoms with Crippen LogP contribution in [-0.4, -0.2) is 24.3 Å². The van der Waals surface area contributed by atoms with Gasteiger partial charge in [0.15, 0.2) is 0 Å². The van der Waals surface area contributed by atoms with E-state index in [9.17, 15) is 4.79 Å². The zero-order valence-corrected chi connectivity index (χ0v) is 11.0. The van der Waals surface area contributed by atoms with Gasteiger partial charge in [-0.15, -0.1) is 0 Å². The van der Waals surface area contributed by atoms with Crippen LogP contribution < -0.4 is 9.47 Å². The number of nitrogens with zero attached hydrogens (tertiary/aromatic N) is 1. The molecule has 0 aliphatic rings. The summed E-state index contributed by atoms with van der Waals surface area (Å²) in [5.41, 5.74) is 0.173. The Hall–Kier alpha value is -2.48. The van der Waals surface area contributed by atoms with Crippen molar-refractivity contribution < 1.29 is 19.4 Å². The van der Waals surface area contributed by atoms with Crippen molar-refractivity contribution in [1.29, 1.82) is 5.26 Å². The third-order valence-corrected chi connectivity index (χ3v) is 2.23. The van der Waals surface area contributed by atoms with Gasteiger partial charge in [0.25, 0.3) is 0 Å². The molecule has 0 amide bonds. The highest BCUT2D eigenvalue weighted by Gasteiger charge is 2.11. The molecule has 1 N–H and O–H groups in total. The molecule has 0 aliphatic carbocycles. The fourth-order valence-corrected chi connectivity index (χ4v) is 1.41. The monoisotopic (exact) mass is 261 g/mol. The minimum Gasteiger partial charge on any atom is -0.497 e. The fourth-order valence-electron chi connectivity index (χ4n) is 1.41. The number of carbonyl (C=O) groups is 1. The molecule has 0 bridgehead atoms. The van der Waals surface area contributed by atoms with Crippen molar-refractivity contribution in [3.05, 3.63) is 29.3 Å². The number of hydrogen-bond acceptors (Lipinski definition) is 4. The lowest BCUT2D eigenvalue weighted by Gasteiger charge is -2.13. The first kappa shape index (κ1) is 14.6. The minimum absolute atomic E-state index is 0.0744. The molecule has 1 aromatic rings. The number of ether oxygens (including phenoxy) is 2. The molecule has 1 aromatic carbocycles. The van der Waals surface area contributed by atoms with Gasteiger partial charge in [0.1, 0.15) is 23.1 Å². The predicted octanol–water partition coefficient (Wildman–Crippen LogP) is 2.47. The summed E-state index contributed by atoms with van der Waals surface area (Å²) in [6, 6.07) is 6.62. The lowest BCUT2D eigenvalue weighted by molar-refractivity contribution is -0.132. The van der Waals surface area contributed by atoms with E-state index in [1.165, 1.54) is 13.2 Å². The van der Waals surface area contributed by atoms with Gasteiger partial charge in [0.05, 0.1) is 13.2 Å². The molecule has 0 aromatic heterocycles. The molecule has 0 saturated carbocycles. The maximum atomic E-state index is 10.8. The van der Waals surface area contributed by atoms with Gasteiger partial charge in [-0.05, 0) is 32.1 Å². The summed E-state index contributed by atoms with van der Waals surface area (Å²) in [6.07, 6.45) is 1.20. The summed E-state index contributed by atoms with van der Waals surface area (Å²) in [5.74, 6) is -0.196. The largest absolute Gasteiger partial charge is 0.497 e. The third-order valence-electron chi connectivity index (χ3n) is 2.23. The van der Waals surface area contributed by atoms with Crippen LogP contribution in [0.3, 0.4) is 0 Å². The first-order valence-corrected chi connectivity index (χ1v) is 5.67. The predicted molar refractivity (Wildman–Crippen MR) is 70.0 cm³/mol. The average Bonchev–Trinajstić information content (AvgIpc) is 2.36. The van der Waals surface area contributed by atoms with E-state index in [1.807, 2.05) is 13.8 Å². The van der Waals surface area contributed by atoms with Crippen LogP contribution in [0.1, 0.15) is 19.4 Å². The molecule has 19 heavy (non-hydrogen) atoms. The lowest BCUT2D eigenvalue weighted by Crippen LogP contribution is -2.07. The quantitative estimate of drug-likeness (QED) is 0.650. The highest BCUT2D eigenvalue weighted by atomic mass is 16.5. The van der Waals surface area contributed by atoms with Crippen LogP contribution in [0.15, 0.2) is 23.8 Å². The van der Waals surface area contributed by atoms with Gasteiger partial charge in [-0.2, -0.15) is 5.26 Å². The molecule has 5 heteroatoms. The summed E-state index contributed by atoms with van der Waals surface area (Å²) in [4.78, 5) is 10.8. The molecule has 0 aliphatic heterocycles. The van der Waals surface area contributed by atoms with Crippen LogP contribution in [-0.2, 0) is 4.79 Å². The summed E-state index contributed by atoms with van der Waals surface area (Å²) in [5, 5.41) is 17.6. The zero-order chi connectivity index (χ0) is 14.4.